The Morgan fingerprint density at radius 1 is 1.64 bits per heavy atom. The number of ether oxygens (including phenoxy) is 1. The van der Waals surface area contributed by atoms with Gasteiger partial charge in [-0.15, -0.1) is 0 Å². The van der Waals surface area contributed by atoms with Gasteiger partial charge in [0, 0.05) is 13.0 Å². The highest BCUT2D eigenvalue weighted by Crippen LogP contribution is 2.07. The Morgan fingerprint density at radius 2 is 2.29 bits per heavy atom. The fourth-order valence-electron chi connectivity index (χ4n) is 0.953. The van der Waals surface area contributed by atoms with Crippen LogP contribution in [0.3, 0.4) is 0 Å². The predicted octanol–water partition coefficient (Wildman–Crippen LogP) is 0.302. The van der Waals surface area contributed by atoms with Crippen molar-refractivity contribution in [3.8, 4) is 0 Å². The first kappa shape index (κ1) is 10.2. The Labute approximate surface area is 80.6 Å². The first-order valence-electron chi connectivity index (χ1n) is 4.10. The van der Waals surface area contributed by atoms with Crippen LogP contribution >= 0.6 is 0 Å². The molecule has 1 rings (SSSR count). The summed E-state index contributed by atoms with van der Waals surface area (Å²) in [6, 6.07) is 1.30. The van der Waals surface area contributed by atoms with Crippen LogP contribution in [0.1, 0.15) is 29.1 Å². The first-order chi connectivity index (χ1) is 6.56. The van der Waals surface area contributed by atoms with Gasteiger partial charge in [0.2, 0.25) is 5.91 Å². The summed E-state index contributed by atoms with van der Waals surface area (Å²) < 4.78 is 5.65. The third kappa shape index (κ3) is 1.90. The third-order valence-electron chi connectivity index (χ3n) is 1.52. The van der Waals surface area contributed by atoms with E-state index in [2.05, 4.69) is 5.10 Å². The van der Waals surface area contributed by atoms with E-state index in [0.29, 0.717) is 0 Å². The summed E-state index contributed by atoms with van der Waals surface area (Å²) in [7, 11) is 0. The third-order valence-corrected chi connectivity index (χ3v) is 1.52. The molecule has 0 aliphatic carbocycles. The standard InChI is InChI=1S/C8H11N3O3/c1-3-14-8(13)6-4-7(9)11(10-6)5(2)12/h4H,3,9H2,1-2H3. The molecule has 1 aromatic rings. The first-order valence-corrected chi connectivity index (χ1v) is 4.10. The van der Waals surface area contributed by atoms with Gasteiger partial charge >= 0.3 is 5.97 Å². The summed E-state index contributed by atoms with van der Waals surface area (Å²) in [5, 5.41) is 3.70. The number of anilines is 1. The highest BCUT2D eigenvalue weighted by atomic mass is 16.5. The molecule has 6 heteroatoms. The van der Waals surface area contributed by atoms with Gasteiger partial charge in [-0.05, 0) is 6.92 Å². The van der Waals surface area contributed by atoms with Crippen molar-refractivity contribution in [3.05, 3.63) is 11.8 Å². The average Bonchev–Trinajstić information content (AvgIpc) is 2.48. The molecule has 0 bridgehead atoms. The Hall–Kier alpha value is -1.85. The van der Waals surface area contributed by atoms with E-state index in [1.165, 1.54) is 13.0 Å². The number of carbonyl (C=O) groups excluding carboxylic acids is 2. The maximum Gasteiger partial charge on any atom is 0.358 e. The molecule has 6 nitrogen and oxygen atoms in total. The van der Waals surface area contributed by atoms with Crippen molar-refractivity contribution in [1.82, 2.24) is 9.78 Å². The topological polar surface area (TPSA) is 87.2 Å². The molecule has 0 aliphatic heterocycles. The van der Waals surface area contributed by atoms with E-state index >= 15 is 0 Å². The van der Waals surface area contributed by atoms with Crippen molar-refractivity contribution in [2.24, 2.45) is 0 Å². The van der Waals surface area contributed by atoms with Crippen LogP contribution in [0.5, 0.6) is 0 Å². The molecule has 0 aromatic carbocycles. The van der Waals surface area contributed by atoms with Crippen molar-refractivity contribution in [1.29, 1.82) is 0 Å². The molecule has 1 aromatic heterocycles. The highest BCUT2D eigenvalue weighted by molar-refractivity contribution is 5.89. The molecule has 0 saturated heterocycles. The summed E-state index contributed by atoms with van der Waals surface area (Å²) in [5.41, 5.74) is 5.49. The number of nitrogens with zero attached hydrogens (tertiary/aromatic N) is 2. The van der Waals surface area contributed by atoms with Gasteiger partial charge in [-0.3, -0.25) is 4.79 Å². The van der Waals surface area contributed by atoms with Crippen LogP contribution in [0.2, 0.25) is 0 Å². The average molecular weight is 197 g/mol. The fourth-order valence-corrected chi connectivity index (χ4v) is 0.953. The fraction of sp³-hybridized carbons (Fsp3) is 0.375. The molecular formula is C8H11N3O3. The molecule has 0 saturated carbocycles. The zero-order valence-corrected chi connectivity index (χ0v) is 7.98. The van der Waals surface area contributed by atoms with Gasteiger partial charge in [-0.25, -0.2) is 4.79 Å². The molecule has 0 radical (unpaired) electrons. The maximum absolute atomic E-state index is 11.2. The lowest BCUT2D eigenvalue weighted by atomic mass is 10.4. The summed E-state index contributed by atoms with van der Waals surface area (Å²) in [4.78, 5) is 22.1. The van der Waals surface area contributed by atoms with E-state index in [0.717, 1.165) is 4.68 Å². The van der Waals surface area contributed by atoms with Crippen LogP contribution in [-0.2, 0) is 4.74 Å². The molecule has 0 atom stereocenters. The minimum absolute atomic E-state index is 0.0413. The van der Waals surface area contributed by atoms with Gasteiger partial charge < -0.3 is 10.5 Å². The second kappa shape index (κ2) is 3.91. The normalized spacial score (nSPS) is 9.86. The van der Waals surface area contributed by atoms with Gasteiger partial charge in [-0.1, -0.05) is 0 Å². The van der Waals surface area contributed by atoms with Crippen LogP contribution in [0.15, 0.2) is 6.07 Å². The van der Waals surface area contributed by atoms with E-state index in [1.54, 1.807) is 6.92 Å². The van der Waals surface area contributed by atoms with Crippen molar-refractivity contribution < 1.29 is 14.3 Å². The molecule has 2 N–H and O–H groups in total. The smallest absolute Gasteiger partial charge is 0.358 e. The van der Waals surface area contributed by atoms with Crippen LogP contribution in [0.25, 0.3) is 0 Å². The van der Waals surface area contributed by atoms with Gasteiger partial charge in [-0.2, -0.15) is 9.78 Å². The second-order valence-corrected chi connectivity index (χ2v) is 2.61. The molecule has 76 valence electrons. The SMILES string of the molecule is CCOC(=O)c1cc(N)n(C(C)=O)n1. The monoisotopic (exact) mass is 197 g/mol. The molecule has 0 aliphatic rings. The van der Waals surface area contributed by atoms with E-state index in [4.69, 9.17) is 10.5 Å². The van der Waals surface area contributed by atoms with E-state index < -0.39 is 5.97 Å². The van der Waals surface area contributed by atoms with Gasteiger partial charge in [0.05, 0.1) is 6.61 Å². The zero-order valence-electron chi connectivity index (χ0n) is 7.98. The molecule has 14 heavy (non-hydrogen) atoms. The van der Waals surface area contributed by atoms with Crippen LogP contribution in [0.4, 0.5) is 5.82 Å². The Balaban J connectivity index is 2.96. The number of nitrogens with two attached hydrogens (primary N) is 1. The lowest BCUT2D eigenvalue weighted by molar-refractivity contribution is 0.0519. The molecule has 0 fully saturated rings. The largest absolute Gasteiger partial charge is 0.461 e. The van der Waals surface area contributed by atoms with Gasteiger partial charge in [0.15, 0.2) is 5.69 Å². The minimum atomic E-state index is -0.584. The van der Waals surface area contributed by atoms with Gasteiger partial charge in [0.25, 0.3) is 0 Å². The van der Waals surface area contributed by atoms with E-state index in [1.807, 2.05) is 0 Å². The van der Waals surface area contributed by atoms with Crippen molar-refractivity contribution >= 4 is 17.7 Å². The lowest BCUT2D eigenvalue weighted by Gasteiger charge is -1.96. The highest BCUT2D eigenvalue weighted by Gasteiger charge is 2.15. The summed E-state index contributed by atoms with van der Waals surface area (Å²) in [6.45, 7) is 3.24. The Morgan fingerprint density at radius 3 is 2.71 bits per heavy atom. The van der Waals surface area contributed by atoms with E-state index in [-0.39, 0.29) is 24.0 Å². The summed E-state index contributed by atoms with van der Waals surface area (Å²) in [6.07, 6.45) is 0. The van der Waals surface area contributed by atoms with Crippen molar-refractivity contribution in [2.75, 3.05) is 12.3 Å². The number of carbonyl (C=O) groups is 2. The number of nitrogen functional groups attached to an aromatic ring is 1. The van der Waals surface area contributed by atoms with Gasteiger partial charge in [0.1, 0.15) is 5.82 Å². The van der Waals surface area contributed by atoms with Crippen LogP contribution < -0.4 is 5.73 Å². The zero-order chi connectivity index (χ0) is 10.7. The summed E-state index contributed by atoms with van der Waals surface area (Å²) >= 11 is 0. The predicted molar refractivity (Wildman–Crippen MR) is 48.9 cm³/mol. The quantitative estimate of drug-likeness (QED) is 0.689. The number of hydrogen-bond acceptors (Lipinski definition) is 5. The van der Waals surface area contributed by atoms with E-state index in [9.17, 15) is 9.59 Å². The minimum Gasteiger partial charge on any atom is -0.461 e. The molecule has 0 spiro atoms. The van der Waals surface area contributed by atoms with Crippen molar-refractivity contribution in [3.63, 3.8) is 0 Å². The number of rotatable bonds is 2. The van der Waals surface area contributed by atoms with Crippen LogP contribution in [0, 0.1) is 0 Å². The maximum atomic E-state index is 11.2. The number of hydrogen-bond donors (Lipinski definition) is 1. The van der Waals surface area contributed by atoms with Crippen LogP contribution in [-0.4, -0.2) is 28.3 Å². The number of esters is 1. The Bertz CT molecular complexity index is 370. The Kier molecular flexibility index (Phi) is 2.85. The summed E-state index contributed by atoms with van der Waals surface area (Å²) in [5.74, 6) is -0.808. The molecule has 1 heterocycles. The molecule has 0 unspecified atom stereocenters. The lowest BCUT2D eigenvalue weighted by Crippen LogP contribution is -2.12. The number of aromatic nitrogens is 2. The molecular weight excluding hydrogens is 186 g/mol. The molecule has 0 amide bonds. The second-order valence-electron chi connectivity index (χ2n) is 2.61. The van der Waals surface area contributed by atoms with Crippen molar-refractivity contribution in [2.45, 2.75) is 13.8 Å².